The van der Waals surface area contributed by atoms with E-state index in [1.54, 1.807) is 48.0 Å². The third kappa shape index (κ3) is 3.99. The molecule has 4 nitrogen and oxygen atoms in total. The molecule has 3 rings (SSSR count). The Morgan fingerprint density at radius 2 is 2.08 bits per heavy atom. The average Bonchev–Trinajstić information content (AvgIpc) is 3.04. The minimum absolute atomic E-state index is 0.0633. The van der Waals surface area contributed by atoms with Gasteiger partial charge in [-0.1, -0.05) is 36.4 Å². The van der Waals surface area contributed by atoms with Crippen molar-refractivity contribution in [3.8, 4) is 5.75 Å². The number of ether oxygens (including phenoxy) is 1. The van der Waals surface area contributed by atoms with Gasteiger partial charge < -0.3 is 4.74 Å². The monoisotopic (exact) mass is 374 g/mol. The smallest absolute Gasteiger partial charge is 0.260 e. The molecule has 0 saturated carbocycles. The molecule has 0 aliphatic carbocycles. The van der Waals surface area contributed by atoms with E-state index < -0.39 is 0 Å². The summed E-state index contributed by atoms with van der Waals surface area (Å²) in [5.74, 6) is 1.56. The zero-order chi connectivity index (χ0) is 17.8. The Bertz CT molecular complexity index is 792. The first-order chi connectivity index (χ1) is 12.1. The Morgan fingerprint density at radius 1 is 1.32 bits per heavy atom. The lowest BCUT2D eigenvalue weighted by Crippen LogP contribution is -2.39. The van der Waals surface area contributed by atoms with Crippen LogP contribution in [0.5, 0.6) is 5.75 Å². The second-order valence-corrected chi connectivity index (χ2v) is 7.07. The molecular weight excluding hydrogens is 356 g/mol. The number of rotatable bonds is 4. The van der Waals surface area contributed by atoms with Crippen LogP contribution in [0.4, 0.5) is 5.69 Å². The SMILES string of the molecule is CC[C@@H]1CSC(=Nc2ccc(OC)cc2)N1C(=O)c1cccc(Cl)c1. The van der Waals surface area contributed by atoms with Crippen LogP contribution >= 0.6 is 23.4 Å². The molecule has 0 spiro atoms. The molecule has 1 atom stereocenters. The van der Waals surface area contributed by atoms with Gasteiger partial charge in [0.25, 0.3) is 5.91 Å². The standard InChI is InChI=1S/C19H19ClN2O2S/c1-3-16-12-25-19(21-15-7-9-17(24-2)10-8-15)22(16)18(23)13-5-4-6-14(20)11-13/h4-11,16H,3,12H2,1-2H3/t16-/m1/s1. The summed E-state index contributed by atoms with van der Waals surface area (Å²) in [6.45, 7) is 2.08. The lowest BCUT2D eigenvalue weighted by Gasteiger charge is -2.23. The molecule has 0 bridgehead atoms. The molecule has 25 heavy (non-hydrogen) atoms. The van der Waals surface area contributed by atoms with E-state index in [2.05, 4.69) is 11.9 Å². The first-order valence-corrected chi connectivity index (χ1v) is 9.43. The molecule has 1 fully saturated rings. The van der Waals surface area contributed by atoms with Gasteiger partial charge in [-0.15, -0.1) is 0 Å². The molecular formula is C19H19ClN2O2S. The predicted octanol–water partition coefficient (Wildman–Crippen LogP) is 5.00. The molecule has 1 aliphatic heterocycles. The Labute approximate surface area is 156 Å². The number of thioether (sulfide) groups is 1. The average molecular weight is 375 g/mol. The number of halogens is 1. The summed E-state index contributed by atoms with van der Waals surface area (Å²) in [6, 6.07) is 14.7. The molecule has 0 unspecified atom stereocenters. The molecule has 0 N–H and O–H groups in total. The van der Waals surface area contributed by atoms with E-state index in [0.717, 1.165) is 28.8 Å². The number of carbonyl (C=O) groups excluding carboxylic acids is 1. The highest BCUT2D eigenvalue weighted by Gasteiger charge is 2.34. The molecule has 6 heteroatoms. The summed E-state index contributed by atoms with van der Waals surface area (Å²) in [4.78, 5) is 19.5. The predicted molar refractivity (Wildman–Crippen MR) is 104 cm³/mol. The Balaban J connectivity index is 1.92. The van der Waals surface area contributed by atoms with Gasteiger partial charge in [-0.05, 0) is 48.9 Å². The highest BCUT2D eigenvalue weighted by molar-refractivity contribution is 8.14. The van der Waals surface area contributed by atoms with Crippen molar-refractivity contribution in [3.05, 3.63) is 59.1 Å². The van der Waals surface area contributed by atoms with Crippen LogP contribution in [0.1, 0.15) is 23.7 Å². The van der Waals surface area contributed by atoms with Gasteiger partial charge >= 0.3 is 0 Å². The van der Waals surface area contributed by atoms with Crippen LogP contribution in [0.2, 0.25) is 5.02 Å². The van der Waals surface area contributed by atoms with Crippen molar-refractivity contribution in [2.24, 2.45) is 4.99 Å². The zero-order valence-electron chi connectivity index (χ0n) is 14.1. The van der Waals surface area contributed by atoms with Crippen molar-refractivity contribution in [1.29, 1.82) is 0 Å². The fraction of sp³-hybridized carbons (Fsp3) is 0.263. The van der Waals surface area contributed by atoms with Gasteiger partial charge in [0.2, 0.25) is 0 Å². The topological polar surface area (TPSA) is 41.9 Å². The molecule has 1 heterocycles. The molecule has 1 saturated heterocycles. The van der Waals surface area contributed by atoms with Crippen molar-refractivity contribution < 1.29 is 9.53 Å². The summed E-state index contributed by atoms with van der Waals surface area (Å²) in [6.07, 6.45) is 0.876. The number of amidine groups is 1. The van der Waals surface area contributed by atoms with Crippen LogP contribution in [0, 0.1) is 0 Å². The number of hydrogen-bond donors (Lipinski definition) is 0. The van der Waals surface area contributed by atoms with Crippen molar-refractivity contribution >= 4 is 40.1 Å². The van der Waals surface area contributed by atoms with Crippen molar-refractivity contribution in [3.63, 3.8) is 0 Å². The summed E-state index contributed by atoms with van der Waals surface area (Å²) >= 11 is 7.65. The Morgan fingerprint density at radius 3 is 2.72 bits per heavy atom. The number of hydrogen-bond acceptors (Lipinski definition) is 4. The van der Waals surface area contributed by atoms with E-state index >= 15 is 0 Å². The van der Waals surface area contributed by atoms with Crippen LogP contribution in [-0.4, -0.2) is 34.9 Å². The van der Waals surface area contributed by atoms with Crippen LogP contribution < -0.4 is 4.74 Å². The summed E-state index contributed by atoms with van der Waals surface area (Å²) in [7, 11) is 1.63. The van der Waals surface area contributed by atoms with Crippen molar-refractivity contribution in [1.82, 2.24) is 4.90 Å². The number of methoxy groups -OCH3 is 1. The molecule has 2 aromatic rings. The van der Waals surface area contributed by atoms with Gasteiger partial charge in [-0.3, -0.25) is 9.69 Å². The van der Waals surface area contributed by atoms with Crippen molar-refractivity contribution in [2.75, 3.05) is 12.9 Å². The maximum atomic E-state index is 13.0. The van der Waals surface area contributed by atoms with Crippen LogP contribution in [0.15, 0.2) is 53.5 Å². The van der Waals surface area contributed by atoms with Gasteiger partial charge in [-0.25, -0.2) is 4.99 Å². The number of aliphatic imine (C=N–C) groups is 1. The normalized spacial score (nSPS) is 18.6. The zero-order valence-corrected chi connectivity index (χ0v) is 15.7. The fourth-order valence-electron chi connectivity index (χ4n) is 2.64. The van der Waals surface area contributed by atoms with Gasteiger partial charge in [0, 0.05) is 22.4 Å². The Hall–Kier alpha value is -1.98. The molecule has 0 radical (unpaired) electrons. The largest absolute Gasteiger partial charge is 0.497 e. The molecule has 130 valence electrons. The van der Waals surface area contributed by atoms with Crippen LogP contribution in [0.25, 0.3) is 0 Å². The lowest BCUT2D eigenvalue weighted by molar-refractivity contribution is 0.0819. The van der Waals surface area contributed by atoms with E-state index in [-0.39, 0.29) is 11.9 Å². The highest BCUT2D eigenvalue weighted by Crippen LogP contribution is 2.31. The molecule has 1 amide bonds. The second-order valence-electron chi connectivity index (χ2n) is 5.65. The third-order valence-electron chi connectivity index (χ3n) is 4.03. The minimum atomic E-state index is -0.0633. The minimum Gasteiger partial charge on any atom is -0.497 e. The van der Waals surface area contributed by atoms with E-state index in [9.17, 15) is 4.79 Å². The van der Waals surface area contributed by atoms with E-state index in [4.69, 9.17) is 16.3 Å². The Kier molecular flexibility index (Phi) is 5.66. The summed E-state index contributed by atoms with van der Waals surface area (Å²) in [5, 5.41) is 1.28. The van der Waals surface area contributed by atoms with Crippen LogP contribution in [0.3, 0.4) is 0 Å². The van der Waals surface area contributed by atoms with Gasteiger partial charge in [0.1, 0.15) is 5.75 Å². The maximum Gasteiger partial charge on any atom is 0.260 e. The summed E-state index contributed by atoms with van der Waals surface area (Å²) < 4.78 is 5.17. The van der Waals surface area contributed by atoms with E-state index in [1.807, 2.05) is 24.3 Å². The fourth-order valence-corrected chi connectivity index (χ4v) is 4.10. The third-order valence-corrected chi connectivity index (χ3v) is 5.37. The number of benzene rings is 2. The first-order valence-electron chi connectivity index (χ1n) is 8.07. The van der Waals surface area contributed by atoms with Gasteiger partial charge in [0.05, 0.1) is 12.8 Å². The maximum absolute atomic E-state index is 13.0. The number of nitrogens with zero attached hydrogens (tertiary/aromatic N) is 2. The molecule has 1 aliphatic rings. The molecule has 0 aromatic heterocycles. The lowest BCUT2D eigenvalue weighted by atomic mass is 10.1. The first kappa shape index (κ1) is 17.8. The summed E-state index contributed by atoms with van der Waals surface area (Å²) in [5.41, 5.74) is 1.37. The quantitative estimate of drug-likeness (QED) is 0.755. The second kappa shape index (κ2) is 7.93. The highest BCUT2D eigenvalue weighted by atomic mass is 35.5. The number of carbonyl (C=O) groups is 1. The van der Waals surface area contributed by atoms with E-state index in [1.165, 1.54) is 0 Å². The number of amides is 1. The van der Waals surface area contributed by atoms with Gasteiger partial charge in [0.15, 0.2) is 5.17 Å². The molecule has 2 aromatic carbocycles. The van der Waals surface area contributed by atoms with E-state index in [0.29, 0.717) is 10.6 Å². The van der Waals surface area contributed by atoms with Crippen molar-refractivity contribution in [2.45, 2.75) is 19.4 Å². The van der Waals surface area contributed by atoms with Crippen LogP contribution in [-0.2, 0) is 0 Å². The van der Waals surface area contributed by atoms with Gasteiger partial charge in [-0.2, -0.15) is 0 Å².